The molecule has 10 heteroatoms. The van der Waals surface area contributed by atoms with E-state index in [0.29, 0.717) is 19.5 Å². The van der Waals surface area contributed by atoms with Crippen LogP contribution in [-0.2, 0) is 24.2 Å². The minimum absolute atomic E-state index is 0.0183. The molecule has 4 heterocycles. The number of amides is 1. The molecule has 236 valence electrons. The molecule has 7 rings (SSSR count). The van der Waals surface area contributed by atoms with Crippen LogP contribution in [0.15, 0.2) is 79.1 Å². The monoisotopic (exact) mass is 617 g/mol. The number of carbonyl (C=O) groups is 1. The molecule has 0 radical (unpaired) electrons. The number of aromatic nitrogens is 5. The van der Waals surface area contributed by atoms with Crippen LogP contribution < -0.4 is 20.1 Å². The van der Waals surface area contributed by atoms with Crippen molar-refractivity contribution in [3.8, 4) is 11.5 Å². The first-order chi connectivity index (χ1) is 22.6. The third-order valence-electron chi connectivity index (χ3n) is 9.14. The van der Waals surface area contributed by atoms with E-state index >= 15 is 0 Å². The van der Waals surface area contributed by atoms with Gasteiger partial charge in [-0.3, -0.25) is 4.79 Å². The second-order valence-electron chi connectivity index (χ2n) is 11.8. The lowest BCUT2D eigenvalue weighted by Crippen LogP contribution is -2.42. The quantitative estimate of drug-likeness (QED) is 0.152. The number of carbonyl (C=O) groups excluding carboxylic acids is 1. The molecule has 0 aliphatic carbocycles. The third kappa shape index (κ3) is 5.83. The predicted molar refractivity (Wildman–Crippen MR) is 179 cm³/mol. The summed E-state index contributed by atoms with van der Waals surface area (Å²) in [4.78, 5) is 20.0. The number of hydrogen-bond donors (Lipinski definition) is 4. The number of rotatable bonds is 12. The first-order valence-electron chi connectivity index (χ1n) is 15.9. The fraction of sp³-hybridized carbons (Fsp3) is 0.306. The molecular formula is C36H39N7O3. The van der Waals surface area contributed by atoms with Gasteiger partial charge in [0.15, 0.2) is 0 Å². The molecule has 1 saturated heterocycles. The van der Waals surface area contributed by atoms with Gasteiger partial charge in [-0.15, -0.1) is 10.2 Å². The topological polar surface area (TPSA) is 122 Å². The van der Waals surface area contributed by atoms with Crippen LogP contribution in [0.25, 0.3) is 21.8 Å². The lowest BCUT2D eigenvalue weighted by Gasteiger charge is -2.21. The summed E-state index contributed by atoms with van der Waals surface area (Å²) in [7, 11) is 3.32. The highest BCUT2D eigenvalue weighted by Gasteiger charge is 2.29. The Labute approximate surface area is 267 Å². The van der Waals surface area contributed by atoms with Gasteiger partial charge in [0.25, 0.3) is 0 Å². The van der Waals surface area contributed by atoms with Gasteiger partial charge in [0.05, 0.1) is 32.7 Å². The Morgan fingerprint density at radius 1 is 0.935 bits per heavy atom. The molecule has 1 aliphatic rings. The van der Waals surface area contributed by atoms with Gasteiger partial charge in [0.2, 0.25) is 5.91 Å². The average molecular weight is 618 g/mol. The number of nitrogens with zero attached hydrogens (tertiary/aromatic N) is 3. The molecule has 46 heavy (non-hydrogen) atoms. The Balaban J connectivity index is 1.29. The Kier molecular flexibility index (Phi) is 8.43. The van der Waals surface area contributed by atoms with Crippen molar-refractivity contribution in [2.75, 3.05) is 27.3 Å². The Morgan fingerprint density at radius 3 is 2.50 bits per heavy atom. The number of benzene rings is 3. The van der Waals surface area contributed by atoms with E-state index in [1.165, 1.54) is 10.9 Å². The van der Waals surface area contributed by atoms with Gasteiger partial charge < -0.3 is 34.6 Å². The number of hydrogen-bond acceptors (Lipinski definition) is 6. The predicted octanol–water partition coefficient (Wildman–Crippen LogP) is 5.09. The van der Waals surface area contributed by atoms with Crippen LogP contribution in [0.1, 0.15) is 47.1 Å². The maximum atomic E-state index is 13.2. The van der Waals surface area contributed by atoms with Crippen molar-refractivity contribution in [2.24, 2.45) is 0 Å². The maximum absolute atomic E-state index is 13.2. The van der Waals surface area contributed by atoms with Gasteiger partial charge in [-0.05, 0) is 61.2 Å². The molecular weight excluding hydrogens is 578 g/mol. The maximum Gasteiger partial charge on any atom is 0.237 e. The zero-order chi connectivity index (χ0) is 31.5. The fourth-order valence-corrected chi connectivity index (χ4v) is 6.66. The molecule has 10 nitrogen and oxygen atoms in total. The average Bonchev–Trinajstić information content (AvgIpc) is 3.92. The molecule has 0 bridgehead atoms. The largest absolute Gasteiger partial charge is 0.497 e. The van der Waals surface area contributed by atoms with Crippen LogP contribution in [0.4, 0.5) is 0 Å². The minimum Gasteiger partial charge on any atom is -0.497 e. The molecule has 6 aromatic rings. The van der Waals surface area contributed by atoms with E-state index in [0.717, 1.165) is 76.5 Å². The van der Waals surface area contributed by atoms with Crippen molar-refractivity contribution in [3.63, 3.8) is 0 Å². The number of nitrogens with one attached hydrogen (secondary N) is 4. The van der Waals surface area contributed by atoms with Crippen molar-refractivity contribution in [3.05, 3.63) is 107 Å². The van der Waals surface area contributed by atoms with Crippen molar-refractivity contribution in [1.82, 2.24) is 35.4 Å². The lowest BCUT2D eigenvalue weighted by molar-refractivity contribution is -0.122. The molecule has 1 aliphatic heterocycles. The van der Waals surface area contributed by atoms with Gasteiger partial charge in [-0.2, -0.15) is 0 Å². The van der Waals surface area contributed by atoms with Crippen LogP contribution in [0.3, 0.4) is 0 Å². The highest BCUT2D eigenvalue weighted by molar-refractivity contribution is 5.85. The van der Waals surface area contributed by atoms with Gasteiger partial charge in [0, 0.05) is 58.8 Å². The summed E-state index contributed by atoms with van der Waals surface area (Å²) in [5.41, 5.74) is 5.44. The highest BCUT2D eigenvalue weighted by Crippen LogP contribution is 2.33. The van der Waals surface area contributed by atoms with Gasteiger partial charge in [0.1, 0.15) is 23.1 Å². The number of methoxy groups -OCH3 is 2. The van der Waals surface area contributed by atoms with Gasteiger partial charge in [-0.25, -0.2) is 0 Å². The molecule has 1 unspecified atom stereocenters. The summed E-state index contributed by atoms with van der Waals surface area (Å²) in [6, 6.07) is 22.3. The molecule has 3 aromatic carbocycles. The molecule has 2 atom stereocenters. The Hall–Kier alpha value is -5.09. The van der Waals surface area contributed by atoms with Crippen molar-refractivity contribution >= 4 is 27.7 Å². The number of H-pyrrole nitrogens is 2. The molecule has 1 fully saturated rings. The molecule has 1 amide bonds. The SMILES string of the molecule is COc1ccc(Cn2c(CCc3c[nH]c4ccccc34)nnc2C(CNC(=O)[C@@H]2CCCN2)c2c[nH]c3ccccc23)c(OC)c1. The van der Waals surface area contributed by atoms with Crippen LogP contribution in [0.2, 0.25) is 0 Å². The summed E-state index contributed by atoms with van der Waals surface area (Å²) in [6.45, 7) is 1.75. The number of fused-ring (bicyclic) bond motifs is 2. The van der Waals surface area contributed by atoms with Crippen LogP contribution >= 0.6 is 0 Å². The summed E-state index contributed by atoms with van der Waals surface area (Å²) >= 11 is 0. The summed E-state index contributed by atoms with van der Waals surface area (Å²) in [5.74, 6) is 2.88. The Morgan fingerprint density at radius 2 is 1.72 bits per heavy atom. The van der Waals surface area contributed by atoms with E-state index in [4.69, 9.17) is 19.7 Å². The van der Waals surface area contributed by atoms with Crippen LogP contribution in [0.5, 0.6) is 11.5 Å². The summed E-state index contributed by atoms with van der Waals surface area (Å²) in [5, 5.41) is 18.5. The smallest absolute Gasteiger partial charge is 0.237 e. The van der Waals surface area contributed by atoms with Crippen LogP contribution in [0, 0.1) is 0 Å². The lowest BCUT2D eigenvalue weighted by atomic mass is 9.96. The molecule has 4 N–H and O–H groups in total. The van der Waals surface area contributed by atoms with E-state index in [1.54, 1.807) is 14.2 Å². The first kappa shape index (κ1) is 29.6. The van der Waals surface area contributed by atoms with E-state index in [1.807, 2.05) is 42.6 Å². The zero-order valence-electron chi connectivity index (χ0n) is 26.2. The van der Waals surface area contributed by atoms with E-state index in [2.05, 4.69) is 61.7 Å². The molecule has 0 spiro atoms. The number of ether oxygens (including phenoxy) is 2. The summed E-state index contributed by atoms with van der Waals surface area (Å²) < 4.78 is 13.5. The van der Waals surface area contributed by atoms with Crippen LogP contribution in [-0.4, -0.2) is 64.0 Å². The van der Waals surface area contributed by atoms with Gasteiger partial charge in [-0.1, -0.05) is 36.4 Å². The fourth-order valence-electron chi connectivity index (χ4n) is 6.66. The van der Waals surface area contributed by atoms with E-state index in [-0.39, 0.29) is 17.9 Å². The Bertz CT molecular complexity index is 1970. The highest BCUT2D eigenvalue weighted by atomic mass is 16.5. The van der Waals surface area contributed by atoms with Crippen molar-refractivity contribution in [2.45, 2.75) is 44.2 Å². The second-order valence-corrected chi connectivity index (χ2v) is 11.8. The van der Waals surface area contributed by atoms with E-state index < -0.39 is 0 Å². The number of aryl methyl sites for hydroxylation is 2. The number of para-hydroxylation sites is 2. The minimum atomic E-state index is -0.250. The molecule has 0 saturated carbocycles. The van der Waals surface area contributed by atoms with Crippen molar-refractivity contribution < 1.29 is 14.3 Å². The second kappa shape index (κ2) is 13.1. The zero-order valence-corrected chi connectivity index (χ0v) is 26.2. The molecule has 3 aromatic heterocycles. The normalized spacial score (nSPS) is 15.4. The third-order valence-corrected chi connectivity index (χ3v) is 9.14. The summed E-state index contributed by atoms with van der Waals surface area (Å²) in [6.07, 6.45) is 7.45. The van der Waals surface area contributed by atoms with Crippen molar-refractivity contribution in [1.29, 1.82) is 0 Å². The number of aromatic amines is 2. The van der Waals surface area contributed by atoms with Gasteiger partial charge >= 0.3 is 0 Å². The standard InChI is InChI=1S/C36H39N7O3/c1-45-25-15-13-24(33(18-25)46-2)22-43-34(16-14-23-19-38-30-10-5-3-8-26(23)30)41-42-35(43)29(21-40-36(44)32-12-7-17-37-32)28-20-39-31-11-6-4-9-27(28)31/h3-6,8-11,13,15,18-20,29,32,37-39H,7,12,14,16-17,21-22H2,1-2H3,(H,40,44)/t29?,32-/m0/s1. The first-order valence-corrected chi connectivity index (χ1v) is 15.9. The van der Waals surface area contributed by atoms with E-state index in [9.17, 15) is 4.79 Å².